The molecule has 0 fully saturated rings. The lowest BCUT2D eigenvalue weighted by Crippen LogP contribution is -1.93. The monoisotopic (exact) mass is 207 g/mol. The van der Waals surface area contributed by atoms with E-state index < -0.39 is 0 Å². The fourth-order valence-corrected chi connectivity index (χ4v) is 1.41. The largest absolute Gasteiger partial charge is 0.451 e. The molecule has 0 aliphatic rings. The highest BCUT2D eigenvalue weighted by molar-refractivity contribution is 5.62. The fraction of sp³-hybridized carbons (Fsp3) is 0.182. The van der Waals surface area contributed by atoms with Crippen LogP contribution in [0.3, 0.4) is 0 Å². The van der Waals surface area contributed by atoms with Crippen molar-refractivity contribution >= 4 is 0 Å². The van der Waals surface area contributed by atoms with Crippen molar-refractivity contribution in [2.45, 2.75) is 6.61 Å². The average Bonchev–Trinajstić information content (AvgIpc) is 2.74. The van der Waals surface area contributed by atoms with Gasteiger partial charge in [0, 0.05) is 12.7 Å². The van der Waals surface area contributed by atoms with Gasteiger partial charge >= 0.3 is 0 Å². The van der Waals surface area contributed by atoms with E-state index in [1.807, 2.05) is 0 Å². The summed E-state index contributed by atoms with van der Waals surface area (Å²) in [6, 6.07) is 4.51. The van der Waals surface area contributed by atoms with E-state index in [9.17, 15) is 4.39 Å². The van der Waals surface area contributed by atoms with Gasteiger partial charge in [0.15, 0.2) is 6.39 Å². The minimum atomic E-state index is -0.298. The molecule has 3 nitrogen and oxygen atoms in total. The molecule has 0 aliphatic carbocycles. The van der Waals surface area contributed by atoms with Crippen LogP contribution >= 0.6 is 0 Å². The summed E-state index contributed by atoms with van der Waals surface area (Å²) in [7, 11) is 1.59. The smallest absolute Gasteiger partial charge is 0.181 e. The summed E-state index contributed by atoms with van der Waals surface area (Å²) in [6.45, 7) is 0.419. The number of benzene rings is 1. The molecule has 4 heteroatoms. The van der Waals surface area contributed by atoms with Crippen molar-refractivity contribution in [2.24, 2.45) is 0 Å². The topological polar surface area (TPSA) is 35.3 Å². The Bertz CT molecular complexity index is 440. The summed E-state index contributed by atoms with van der Waals surface area (Å²) in [5.41, 5.74) is 2.19. The van der Waals surface area contributed by atoms with Gasteiger partial charge in [0.1, 0.15) is 17.8 Å². The van der Waals surface area contributed by atoms with Crippen molar-refractivity contribution in [1.29, 1.82) is 0 Å². The molecule has 0 radical (unpaired) electrons. The van der Waals surface area contributed by atoms with E-state index >= 15 is 0 Å². The van der Waals surface area contributed by atoms with Crippen molar-refractivity contribution < 1.29 is 13.5 Å². The van der Waals surface area contributed by atoms with E-state index in [1.165, 1.54) is 24.8 Å². The highest BCUT2D eigenvalue weighted by Gasteiger charge is 2.08. The number of halogens is 1. The minimum absolute atomic E-state index is 0.298. The third-order valence-corrected chi connectivity index (χ3v) is 2.08. The normalized spacial score (nSPS) is 10.5. The fourth-order valence-electron chi connectivity index (χ4n) is 1.41. The van der Waals surface area contributed by atoms with Crippen LogP contribution in [0.5, 0.6) is 0 Å². The lowest BCUT2D eigenvalue weighted by Gasteiger charge is -2.05. The minimum Gasteiger partial charge on any atom is -0.451 e. The maximum atomic E-state index is 13.1. The van der Waals surface area contributed by atoms with Crippen LogP contribution < -0.4 is 0 Å². The second-order valence-corrected chi connectivity index (χ2v) is 3.11. The van der Waals surface area contributed by atoms with Crippen molar-refractivity contribution in [3.05, 3.63) is 42.2 Å². The molecule has 0 amide bonds. The predicted octanol–water partition coefficient (Wildman–Crippen LogP) is 2.63. The molecule has 0 atom stereocenters. The van der Waals surface area contributed by atoms with E-state index in [4.69, 9.17) is 9.15 Å². The standard InChI is InChI=1S/C11H10FNO2/c1-14-5-8-2-3-9(12)4-10(8)11-6-15-7-13-11/h2-4,6-7H,5H2,1H3. The van der Waals surface area contributed by atoms with Crippen LogP contribution in [-0.4, -0.2) is 12.1 Å². The van der Waals surface area contributed by atoms with Crippen molar-refractivity contribution in [1.82, 2.24) is 4.98 Å². The van der Waals surface area contributed by atoms with Crippen molar-refractivity contribution in [2.75, 3.05) is 7.11 Å². The SMILES string of the molecule is COCc1ccc(F)cc1-c1cocn1. The number of rotatable bonds is 3. The third-order valence-electron chi connectivity index (χ3n) is 2.08. The summed E-state index contributed by atoms with van der Waals surface area (Å²) < 4.78 is 23.0. The van der Waals surface area contributed by atoms with Crippen LogP contribution in [-0.2, 0) is 11.3 Å². The van der Waals surface area contributed by atoms with Crippen LogP contribution in [0.25, 0.3) is 11.3 Å². The Balaban J connectivity index is 2.47. The third kappa shape index (κ3) is 2.05. The van der Waals surface area contributed by atoms with Crippen LogP contribution in [0.15, 0.2) is 35.3 Å². The second-order valence-electron chi connectivity index (χ2n) is 3.11. The lowest BCUT2D eigenvalue weighted by molar-refractivity contribution is 0.185. The van der Waals surface area contributed by atoms with Crippen molar-refractivity contribution in [3.8, 4) is 11.3 Å². The van der Waals surface area contributed by atoms with Gasteiger partial charge in [-0.2, -0.15) is 0 Å². The molecule has 1 aromatic heterocycles. The predicted molar refractivity (Wildman–Crippen MR) is 52.6 cm³/mol. The first-order valence-electron chi connectivity index (χ1n) is 4.47. The number of hydrogen-bond acceptors (Lipinski definition) is 3. The van der Waals surface area contributed by atoms with Gasteiger partial charge < -0.3 is 9.15 Å². The molecule has 1 aromatic carbocycles. The van der Waals surface area contributed by atoms with E-state index in [2.05, 4.69) is 4.98 Å². The van der Waals surface area contributed by atoms with Gasteiger partial charge in [-0.1, -0.05) is 6.07 Å². The Morgan fingerprint density at radius 3 is 3.00 bits per heavy atom. The molecule has 0 saturated heterocycles. The molecule has 0 spiro atoms. The first-order valence-corrected chi connectivity index (χ1v) is 4.47. The van der Waals surface area contributed by atoms with Crippen LogP contribution in [0.2, 0.25) is 0 Å². The van der Waals surface area contributed by atoms with Gasteiger partial charge in [0.2, 0.25) is 0 Å². The molecule has 0 unspecified atom stereocenters. The quantitative estimate of drug-likeness (QED) is 0.776. The summed E-state index contributed by atoms with van der Waals surface area (Å²) in [5, 5.41) is 0. The Hall–Kier alpha value is -1.68. The van der Waals surface area contributed by atoms with Crippen molar-refractivity contribution in [3.63, 3.8) is 0 Å². The molecule has 0 N–H and O–H groups in total. The van der Waals surface area contributed by atoms with E-state index in [0.29, 0.717) is 17.9 Å². The first kappa shape index (κ1) is 9.86. The zero-order valence-electron chi connectivity index (χ0n) is 8.24. The number of oxazole rings is 1. The van der Waals surface area contributed by atoms with Crippen LogP contribution in [0.1, 0.15) is 5.56 Å². The molecular weight excluding hydrogens is 197 g/mol. The van der Waals surface area contributed by atoms with Crippen LogP contribution in [0.4, 0.5) is 4.39 Å². The number of nitrogens with zero attached hydrogens (tertiary/aromatic N) is 1. The lowest BCUT2D eigenvalue weighted by atomic mass is 10.1. The molecule has 1 heterocycles. The number of aromatic nitrogens is 1. The summed E-state index contributed by atoms with van der Waals surface area (Å²) in [4.78, 5) is 3.98. The molecule has 15 heavy (non-hydrogen) atoms. The molecule has 0 saturated carbocycles. The molecule has 0 bridgehead atoms. The average molecular weight is 207 g/mol. The van der Waals surface area contributed by atoms with Gasteiger partial charge in [-0.15, -0.1) is 0 Å². The first-order chi connectivity index (χ1) is 7.31. The van der Waals surface area contributed by atoms with Gasteiger partial charge in [-0.25, -0.2) is 9.37 Å². The Kier molecular flexibility index (Phi) is 2.78. The molecule has 0 aliphatic heterocycles. The maximum absolute atomic E-state index is 13.1. The van der Waals surface area contributed by atoms with Gasteiger partial charge in [-0.3, -0.25) is 0 Å². The molecule has 2 aromatic rings. The number of ether oxygens (including phenoxy) is 1. The molecule has 2 rings (SSSR count). The summed E-state index contributed by atoms with van der Waals surface area (Å²) in [6.07, 6.45) is 2.80. The van der Waals surface area contributed by atoms with E-state index in [-0.39, 0.29) is 5.82 Å². The number of methoxy groups -OCH3 is 1. The zero-order valence-corrected chi connectivity index (χ0v) is 8.24. The molecular formula is C11H10FNO2. The summed E-state index contributed by atoms with van der Waals surface area (Å²) >= 11 is 0. The second kappa shape index (κ2) is 4.23. The summed E-state index contributed by atoms with van der Waals surface area (Å²) in [5.74, 6) is -0.298. The van der Waals surface area contributed by atoms with Crippen LogP contribution in [0, 0.1) is 5.82 Å². The number of hydrogen-bond donors (Lipinski definition) is 0. The molecule has 78 valence electrons. The maximum Gasteiger partial charge on any atom is 0.181 e. The van der Waals surface area contributed by atoms with Gasteiger partial charge in [0.25, 0.3) is 0 Å². The van der Waals surface area contributed by atoms with E-state index in [0.717, 1.165) is 5.56 Å². The Morgan fingerprint density at radius 1 is 1.47 bits per heavy atom. The Morgan fingerprint density at radius 2 is 2.33 bits per heavy atom. The zero-order chi connectivity index (χ0) is 10.7. The van der Waals surface area contributed by atoms with Gasteiger partial charge in [0.05, 0.1) is 6.61 Å². The van der Waals surface area contributed by atoms with E-state index in [1.54, 1.807) is 13.2 Å². The highest BCUT2D eigenvalue weighted by atomic mass is 19.1. The van der Waals surface area contributed by atoms with Gasteiger partial charge in [-0.05, 0) is 17.7 Å². The Labute approximate surface area is 86.5 Å². The highest BCUT2D eigenvalue weighted by Crippen LogP contribution is 2.23.